The summed E-state index contributed by atoms with van der Waals surface area (Å²) in [6.45, 7) is 0.681. The number of benzene rings is 1. The van der Waals surface area contributed by atoms with Gasteiger partial charge in [-0.15, -0.1) is 0 Å². The van der Waals surface area contributed by atoms with Crippen LogP contribution < -0.4 is 10.6 Å². The fourth-order valence-corrected chi connectivity index (χ4v) is 1.84. The zero-order valence-corrected chi connectivity index (χ0v) is 8.42. The summed E-state index contributed by atoms with van der Waals surface area (Å²) in [5.74, 6) is -2.54. The maximum absolute atomic E-state index is 13.0. The van der Waals surface area contributed by atoms with Gasteiger partial charge in [0.15, 0.2) is 0 Å². The van der Waals surface area contributed by atoms with Crippen LogP contribution in [0.15, 0.2) is 24.3 Å². The van der Waals surface area contributed by atoms with E-state index in [-0.39, 0.29) is 13.0 Å². The molecule has 82 valence electrons. The van der Waals surface area contributed by atoms with Crippen molar-refractivity contribution in [2.24, 2.45) is 5.73 Å². The lowest BCUT2D eigenvalue weighted by Gasteiger charge is -2.18. The Morgan fingerprint density at radius 2 is 2.20 bits per heavy atom. The van der Waals surface area contributed by atoms with Crippen molar-refractivity contribution in [3.05, 3.63) is 29.8 Å². The molecule has 1 saturated heterocycles. The van der Waals surface area contributed by atoms with Crippen LogP contribution in [0.1, 0.15) is 12.0 Å². The molecule has 0 amide bonds. The first-order chi connectivity index (χ1) is 7.11. The third-order valence-electron chi connectivity index (χ3n) is 2.68. The monoisotopic (exact) mass is 212 g/mol. The van der Waals surface area contributed by atoms with Gasteiger partial charge in [0.1, 0.15) is 0 Å². The molecule has 1 aliphatic rings. The molecule has 1 fully saturated rings. The normalized spacial score (nSPS) is 19.5. The minimum Gasteiger partial charge on any atom is -0.365 e. The second-order valence-corrected chi connectivity index (χ2v) is 3.90. The number of hydrogen-bond acceptors (Lipinski definition) is 2. The first kappa shape index (κ1) is 10.4. The molecule has 15 heavy (non-hydrogen) atoms. The van der Waals surface area contributed by atoms with E-state index < -0.39 is 5.92 Å². The van der Waals surface area contributed by atoms with E-state index in [1.165, 1.54) is 0 Å². The summed E-state index contributed by atoms with van der Waals surface area (Å²) in [7, 11) is 0. The smallest absolute Gasteiger partial charge is 0.266 e. The Kier molecular flexibility index (Phi) is 2.61. The zero-order chi connectivity index (χ0) is 10.9. The largest absolute Gasteiger partial charge is 0.365 e. The SMILES string of the molecule is NCc1cccc(N2CCC(F)(F)C2)c1. The molecule has 0 unspecified atom stereocenters. The van der Waals surface area contributed by atoms with E-state index in [0.29, 0.717) is 13.1 Å². The van der Waals surface area contributed by atoms with Gasteiger partial charge in [-0.1, -0.05) is 12.1 Å². The van der Waals surface area contributed by atoms with Gasteiger partial charge in [-0.3, -0.25) is 0 Å². The van der Waals surface area contributed by atoms with Crippen molar-refractivity contribution >= 4 is 5.69 Å². The molecule has 0 spiro atoms. The van der Waals surface area contributed by atoms with Crippen LogP contribution in [0.3, 0.4) is 0 Å². The predicted octanol–water partition coefficient (Wildman–Crippen LogP) is 1.99. The molecular weight excluding hydrogens is 198 g/mol. The van der Waals surface area contributed by atoms with Crippen molar-refractivity contribution in [2.75, 3.05) is 18.0 Å². The highest BCUT2D eigenvalue weighted by Crippen LogP contribution is 2.30. The van der Waals surface area contributed by atoms with Crippen LogP contribution in [0.4, 0.5) is 14.5 Å². The Bertz CT molecular complexity index is 352. The molecule has 1 aromatic carbocycles. The van der Waals surface area contributed by atoms with E-state index in [4.69, 9.17) is 5.73 Å². The standard InChI is InChI=1S/C11H14F2N2/c12-11(13)4-5-15(8-11)10-3-1-2-9(6-10)7-14/h1-3,6H,4-5,7-8,14H2. The quantitative estimate of drug-likeness (QED) is 0.812. The summed E-state index contributed by atoms with van der Waals surface area (Å²) in [6.07, 6.45) is -0.0557. The number of rotatable bonds is 2. The van der Waals surface area contributed by atoms with Crippen molar-refractivity contribution in [1.29, 1.82) is 0 Å². The first-order valence-electron chi connectivity index (χ1n) is 5.02. The summed E-state index contributed by atoms with van der Waals surface area (Å²) in [6, 6.07) is 7.48. The summed E-state index contributed by atoms with van der Waals surface area (Å²) < 4.78 is 26.0. The van der Waals surface area contributed by atoms with Crippen LogP contribution >= 0.6 is 0 Å². The first-order valence-corrected chi connectivity index (χ1v) is 5.02. The molecule has 0 bridgehead atoms. The van der Waals surface area contributed by atoms with Crippen molar-refractivity contribution in [2.45, 2.75) is 18.9 Å². The van der Waals surface area contributed by atoms with Gasteiger partial charge < -0.3 is 10.6 Å². The predicted molar refractivity (Wildman–Crippen MR) is 56.1 cm³/mol. The molecule has 0 saturated carbocycles. The molecule has 0 aromatic heterocycles. The number of alkyl halides is 2. The number of halogens is 2. The van der Waals surface area contributed by atoms with Gasteiger partial charge in [-0.05, 0) is 17.7 Å². The van der Waals surface area contributed by atoms with Crippen molar-refractivity contribution < 1.29 is 8.78 Å². The second kappa shape index (κ2) is 3.77. The number of hydrogen-bond donors (Lipinski definition) is 1. The Balaban J connectivity index is 2.16. The summed E-state index contributed by atoms with van der Waals surface area (Å²) in [5, 5.41) is 0. The highest BCUT2D eigenvalue weighted by atomic mass is 19.3. The average Bonchev–Trinajstić information content (AvgIpc) is 2.59. The topological polar surface area (TPSA) is 29.3 Å². The molecule has 2 rings (SSSR count). The van der Waals surface area contributed by atoms with Gasteiger partial charge in [0.05, 0.1) is 6.54 Å². The van der Waals surface area contributed by atoms with Crippen LogP contribution in [0.25, 0.3) is 0 Å². The molecule has 1 heterocycles. The van der Waals surface area contributed by atoms with Gasteiger partial charge in [-0.2, -0.15) is 0 Å². The van der Waals surface area contributed by atoms with Crippen molar-refractivity contribution in [3.8, 4) is 0 Å². The Hall–Kier alpha value is -1.16. The lowest BCUT2D eigenvalue weighted by Crippen LogP contribution is -2.24. The van der Waals surface area contributed by atoms with Crippen LogP contribution in [0.2, 0.25) is 0 Å². The van der Waals surface area contributed by atoms with Gasteiger partial charge in [0.2, 0.25) is 0 Å². The Morgan fingerprint density at radius 3 is 2.80 bits per heavy atom. The molecule has 1 aliphatic heterocycles. The fraction of sp³-hybridized carbons (Fsp3) is 0.455. The summed E-state index contributed by atoms with van der Waals surface area (Å²) >= 11 is 0. The lowest BCUT2D eigenvalue weighted by molar-refractivity contribution is 0.0257. The second-order valence-electron chi connectivity index (χ2n) is 3.90. The molecule has 2 N–H and O–H groups in total. The summed E-state index contributed by atoms with van der Waals surface area (Å²) in [5.41, 5.74) is 7.32. The van der Waals surface area contributed by atoms with E-state index in [1.54, 1.807) is 4.90 Å². The van der Waals surface area contributed by atoms with E-state index >= 15 is 0 Å². The molecule has 2 nitrogen and oxygen atoms in total. The molecule has 0 aliphatic carbocycles. The van der Waals surface area contributed by atoms with Crippen LogP contribution in [0.5, 0.6) is 0 Å². The highest BCUT2D eigenvalue weighted by molar-refractivity contribution is 5.49. The average molecular weight is 212 g/mol. The zero-order valence-electron chi connectivity index (χ0n) is 8.42. The Labute approximate surface area is 87.7 Å². The summed E-state index contributed by atoms with van der Waals surface area (Å²) in [4.78, 5) is 1.71. The van der Waals surface area contributed by atoms with Gasteiger partial charge in [0.25, 0.3) is 5.92 Å². The van der Waals surface area contributed by atoms with E-state index in [2.05, 4.69) is 0 Å². The van der Waals surface area contributed by atoms with Gasteiger partial charge in [0, 0.05) is 25.2 Å². The number of nitrogens with zero attached hydrogens (tertiary/aromatic N) is 1. The van der Waals surface area contributed by atoms with Gasteiger partial charge >= 0.3 is 0 Å². The highest BCUT2D eigenvalue weighted by Gasteiger charge is 2.38. The molecule has 0 atom stereocenters. The fourth-order valence-electron chi connectivity index (χ4n) is 1.84. The molecule has 0 radical (unpaired) electrons. The third-order valence-corrected chi connectivity index (χ3v) is 2.68. The van der Waals surface area contributed by atoms with E-state index in [9.17, 15) is 8.78 Å². The number of anilines is 1. The minimum atomic E-state index is -2.54. The van der Waals surface area contributed by atoms with E-state index in [0.717, 1.165) is 11.3 Å². The maximum Gasteiger partial charge on any atom is 0.266 e. The van der Waals surface area contributed by atoms with E-state index in [1.807, 2.05) is 24.3 Å². The van der Waals surface area contributed by atoms with Crippen molar-refractivity contribution in [3.63, 3.8) is 0 Å². The molecular formula is C11H14F2N2. The maximum atomic E-state index is 13.0. The minimum absolute atomic E-state index is 0.0557. The van der Waals surface area contributed by atoms with Crippen LogP contribution in [-0.2, 0) is 6.54 Å². The van der Waals surface area contributed by atoms with Gasteiger partial charge in [-0.25, -0.2) is 8.78 Å². The van der Waals surface area contributed by atoms with Crippen molar-refractivity contribution in [1.82, 2.24) is 0 Å². The lowest BCUT2D eigenvalue weighted by atomic mass is 10.2. The molecule has 1 aromatic rings. The number of nitrogens with two attached hydrogens (primary N) is 1. The third kappa shape index (κ3) is 2.26. The Morgan fingerprint density at radius 1 is 1.40 bits per heavy atom. The van der Waals surface area contributed by atoms with Crippen LogP contribution in [0, 0.1) is 0 Å². The molecule has 4 heteroatoms. The van der Waals surface area contributed by atoms with Crippen LogP contribution in [-0.4, -0.2) is 19.0 Å².